The number of nitrogens with zero attached hydrogens (tertiary/aromatic N) is 2. The summed E-state index contributed by atoms with van der Waals surface area (Å²) in [4.78, 5) is -2.22. The van der Waals surface area contributed by atoms with Crippen molar-refractivity contribution in [3.63, 3.8) is 0 Å². The van der Waals surface area contributed by atoms with E-state index in [-0.39, 0.29) is 7.42 Å². The van der Waals surface area contributed by atoms with Crippen molar-refractivity contribution in [2.24, 2.45) is 0 Å². The lowest BCUT2D eigenvalue weighted by Gasteiger charge is -2.34. The minimum atomic E-state index is -5.29. The van der Waals surface area contributed by atoms with Crippen LogP contribution in [-0.2, 0) is 46.3 Å². The molecule has 0 saturated carbocycles. The van der Waals surface area contributed by atoms with Crippen molar-refractivity contribution in [3.05, 3.63) is 155 Å². The number of alkyl halides is 3. The molecule has 286 valence electrons. The van der Waals surface area contributed by atoms with Gasteiger partial charge >= 0.3 is 6.18 Å². The highest BCUT2D eigenvalue weighted by Crippen LogP contribution is 2.39. The van der Waals surface area contributed by atoms with Gasteiger partial charge in [-0.3, -0.25) is 0 Å². The molecule has 0 saturated heterocycles. The standard InChI is InChI=1S/C37H35F3N2O8S4/c1-26-5-17-32(18-6-26)51(43,44)41(52(45,46)33-19-7-27(2)8-20-33)25-36(30-13-15-31(16-14-30)37(38,39)40)42(53(47,48)34-21-9-28(3)10-22-34)54(49,50)35-23-11-29(4)12-24-35/h5-24,36H,25H2,1-4H3. The number of hydrogen-bond acceptors (Lipinski definition) is 8. The molecule has 54 heavy (non-hydrogen) atoms. The Kier molecular flexibility index (Phi) is 11.4. The molecular formula is C37H35F3N2O8S4. The highest BCUT2D eigenvalue weighted by Gasteiger charge is 2.48. The van der Waals surface area contributed by atoms with Crippen LogP contribution in [-0.4, -0.2) is 47.6 Å². The van der Waals surface area contributed by atoms with Gasteiger partial charge in [0.05, 0.1) is 37.7 Å². The van der Waals surface area contributed by atoms with Gasteiger partial charge in [0, 0.05) is 0 Å². The van der Waals surface area contributed by atoms with Crippen LogP contribution >= 0.6 is 0 Å². The lowest BCUT2D eigenvalue weighted by Crippen LogP contribution is -2.47. The predicted octanol–water partition coefficient (Wildman–Crippen LogP) is 7.14. The summed E-state index contributed by atoms with van der Waals surface area (Å²) in [6, 6.07) is 20.4. The average molecular weight is 821 g/mol. The molecule has 10 nitrogen and oxygen atoms in total. The first kappa shape index (κ1) is 40.8. The summed E-state index contributed by atoms with van der Waals surface area (Å²) >= 11 is 0. The van der Waals surface area contributed by atoms with E-state index in [4.69, 9.17) is 0 Å². The highest BCUT2D eigenvalue weighted by atomic mass is 32.3. The molecular weight excluding hydrogens is 786 g/mol. The summed E-state index contributed by atoms with van der Waals surface area (Å²) in [7, 11) is -20.9. The van der Waals surface area contributed by atoms with E-state index in [9.17, 15) is 46.8 Å². The third-order valence-corrected chi connectivity index (χ3v) is 17.1. The minimum absolute atomic E-state index is 0.0139. The Morgan fingerprint density at radius 2 is 0.722 bits per heavy atom. The molecule has 5 rings (SSSR count). The van der Waals surface area contributed by atoms with Crippen LogP contribution < -0.4 is 0 Å². The summed E-state index contributed by atoms with van der Waals surface area (Å²) in [5, 5.41) is 0. The second kappa shape index (κ2) is 15.0. The number of sulfonamides is 4. The molecule has 0 heterocycles. The zero-order valence-electron chi connectivity index (χ0n) is 29.3. The van der Waals surface area contributed by atoms with Crippen molar-refractivity contribution in [2.75, 3.05) is 6.54 Å². The summed E-state index contributed by atoms with van der Waals surface area (Å²) in [6.07, 6.45) is -4.87. The monoisotopic (exact) mass is 820 g/mol. The van der Waals surface area contributed by atoms with E-state index in [1.54, 1.807) is 27.7 Å². The molecule has 0 bridgehead atoms. The Morgan fingerprint density at radius 3 is 1.00 bits per heavy atom. The molecule has 5 aromatic carbocycles. The first-order valence-electron chi connectivity index (χ1n) is 16.1. The molecule has 0 aliphatic carbocycles. The van der Waals surface area contributed by atoms with Gasteiger partial charge in [0.1, 0.15) is 0 Å². The highest BCUT2D eigenvalue weighted by molar-refractivity contribution is 8.04. The maximum Gasteiger partial charge on any atom is 0.416 e. The van der Waals surface area contributed by atoms with Gasteiger partial charge in [0.2, 0.25) is 0 Å². The van der Waals surface area contributed by atoms with Crippen molar-refractivity contribution < 1.29 is 46.8 Å². The van der Waals surface area contributed by atoms with Gasteiger partial charge < -0.3 is 0 Å². The zero-order chi connectivity index (χ0) is 39.9. The number of benzene rings is 5. The molecule has 17 heteroatoms. The summed E-state index contributed by atoms with van der Waals surface area (Å²) in [6.45, 7) is 5.18. The zero-order valence-corrected chi connectivity index (χ0v) is 32.5. The quantitative estimate of drug-likeness (QED) is 0.129. The second-order valence-electron chi connectivity index (χ2n) is 12.6. The molecule has 0 aliphatic rings. The molecule has 1 unspecified atom stereocenters. The minimum Gasteiger partial charge on any atom is -0.206 e. The van der Waals surface area contributed by atoms with Crippen molar-refractivity contribution in [3.8, 4) is 0 Å². The van der Waals surface area contributed by atoms with Gasteiger partial charge in [-0.1, -0.05) is 90.3 Å². The number of halogens is 3. The Hall–Kier alpha value is -4.39. The van der Waals surface area contributed by atoms with Gasteiger partial charge in [-0.05, 0) is 93.9 Å². The SMILES string of the molecule is Cc1ccc(S(=O)(=O)N(CC(c2ccc(C(F)(F)F)cc2)N(S(=O)(=O)c2ccc(C)cc2)S(=O)(=O)c2ccc(C)cc2)S(=O)(=O)c2ccc(C)cc2)cc1. The maximum absolute atomic E-state index is 14.7. The molecule has 0 fully saturated rings. The Bertz CT molecular complexity index is 2430. The lowest BCUT2D eigenvalue weighted by molar-refractivity contribution is -0.137. The summed E-state index contributed by atoms with van der Waals surface area (Å²) in [5.41, 5.74) is 0.781. The molecule has 0 radical (unpaired) electrons. The van der Waals surface area contributed by atoms with E-state index in [1.807, 2.05) is 0 Å². The Labute approximate surface area is 313 Å². The van der Waals surface area contributed by atoms with Gasteiger partial charge in [-0.15, -0.1) is 0 Å². The van der Waals surface area contributed by atoms with Gasteiger partial charge in [-0.2, -0.15) is 13.2 Å². The number of aryl methyl sites for hydroxylation is 4. The largest absolute Gasteiger partial charge is 0.416 e. The molecule has 0 spiro atoms. The summed E-state index contributed by atoms with van der Waals surface area (Å²) in [5.74, 6) is 0. The molecule has 0 amide bonds. The van der Waals surface area contributed by atoms with Gasteiger partial charge in [-0.25, -0.2) is 33.7 Å². The third-order valence-electron chi connectivity index (χ3n) is 8.48. The Morgan fingerprint density at radius 1 is 0.444 bits per heavy atom. The van der Waals surface area contributed by atoms with Crippen molar-refractivity contribution in [1.82, 2.24) is 7.42 Å². The fourth-order valence-electron chi connectivity index (χ4n) is 5.40. The van der Waals surface area contributed by atoms with Crippen LogP contribution in [0.25, 0.3) is 0 Å². The van der Waals surface area contributed by atoms with Crippen LogP contribution in [0.2, 0.25) is 0 Å². The van der Waals surface area contributed by atoms with Gasteiger partial charge in [0.25, 0.3) is 40.1 Å². The summed E-state index contributed by atoms with van der Waals surface area (Å²) < 4.78 is 158. The topological polar surface area (TPSA) is 143 Å². The fourth-order valence-corrected chi connectivity index (χ4v) is 13.0. The van der Waals surface area contributed by atoms with Crippen molar-refractivity contribution in [1.29, 1.82) is 0 Å². The molecule has 0 N–H and O–H groups in total. The van der Waals surface area contributed by atoms with Crippen LogP contribution in [0, 0.1) is 27.7 Å². The fraction of sp³-hybridized carbons (Fsp3) is 0.189. The van der Waals surface area contributed by atoms with Gasteiger partial charge in [0.15, 0.2) is 0 Å². The Balaban J connectivity index is 1.87. The van der Waals surface area contributed by atoms with E-state index in [2.05, 4.69) is 0 Å². The van der Waals surface area contributed by atoms with Crippen molar-refractivity contribution in [2.45, 2.75) is 59.5 Å². The first-order valence-corrected chi connectivity index (χ1v) is 21.8. The normalized spacial score (nSPS) is 13.6. The molecule has 5 aromatic rings. The molecule has 0 aromatic heterocycles. The van der Waals surface area contributed by atoms with Crippen LogP contribution in [0.3, 0.4) is 0 Å². The van der Waals surface area contributed by atoms with E-state index >= 15 is 0 Å². The van der Waals surface area contributed by atoms with E-state index in [1.165, 1.54) is 48.5 Å². The first-order chi connectivity index (χ1) is 25.1. The molecule has 0 aliphatic heterocycles. The van der Waals surface area contributed by atoms with Crippen LogP contribution in [0.15, 0.2) is 141 Å². The van der Waals surface area contributed by atoms with E-state index in [0.717, 1.165) is 60.7 Å². The third kappa shape index (κ3) is 8.30. The van der Waals surface area contributed by atoms with Crippen LogP contribution in [0.4, 0.5) is 13.2 Å². The maximum atomic E-state index is 14.7. The van der Waals surface area contributed by atoms with E-state index < -0.39 is 89.6 Å². The lowest BCUT2D eigenvalue weighted by atomic mass is 10.1. The smallest absolute Gasteiger partial charge is 0.206 e. The number of rotatable bonds is 12. The molecule has 1 atom stereocenters. The predicted molar refractivity (Wildman–Crippen MR) is 196 cm³/mol. The average Bonchev–Trinajstić information content (AvgIpc) is 3.10. The van der Waals surface area contributed by atoms with E-state index in [0.29, 0.717) is 34.4 Å². The van der Waals surface area contributed by atoms with Crippen molar-refractivity contribution >= 4 is 40.1 Å². The van der Waals surface area contributed by atoms with Crippen LogP contribution in [0.5, 0.6) is 0 Å². The van der Waals surface area contributed by atoms with Crippen LogP contribution in [0.1, 0.15) is 39.4 Å². The second-order valence-corrected chi connectivity index (χ2v) is 20.4. The number of hydrogen-bond donors (Lipinski definition) is 0.